The molecule has 2 rings (SSSR count). The lowest BCUT2D eigenvalue weighted by molar-refractivity contribution is 0.404. The van der Waals surface area contributed by atoms with E-state index in [1.54, 1.807) is 0 Å². The van der Waals surface area contributed by atoms with E-state index < -0.39 is 19.9 Å². The van der Waals surface area contributed by atoms with E-state index in [1.165, 1.54) is 28.6 Å². The van der Waals surface area contributed by atoms with E-state index in [4.69, 9.17) is 5.73 Å². The predicted octanol–water partition coefficient (Wildman–Crippen LogP) is 0.870. The summed E-state index contributed by atoms with van der Waals surface area (Å²) in [6.45, 7) is 2.73. The van der Waals surface area contributed by atoms with Crippen molar-refractivity contribution in [1.82, 2.24) is 4.31 Å². The van der Waals surface area contributed by atoms with Gasteiger partial charge in [-0.3, -0.25) is 0 Å². The van der Waals surface area contributed by atoms with Crippen LogP contribution in [0.25, 0.3) is 0 Å². The van der Waals surface area contributed by atoms with Crippen molar-refractivity contribution in [2.45, 2.75) is 29.2 Å². The zero-order valence-corrected chi connectivity index (χ0v) is 14.9. The minimum atomic E-state index is -3.61. The Balaban J connectivity index is 0.00000242. The number of benzene rings is 1. The Morgan fingerprint density at radius 3 is 2.05 bits per heavy atom. The Bertz CT molecular complexity index is 717. The molecule has 1 aliphatic rings. The van der Waals surface area contributed by atoms with Crippen molar-refractivity contribution in [3.63, 3.8) is 0 Å². The SMILES string of the molecule is CC1CC(CN)CN1S(=O)(=O)c1ccc(S(C)(=O)=O)cc1.Cl. The Morgan fingerprint density at radius 2 is 1.64 bits per heavy atom. The molecule has 1 heterocycles. The number of hydrogen-bond acceptors (Lipinski definition) is 5. The maximum Gasteiger partial charge on any atom is 0.243 e. The molecular weight excluding hydrogens is 348 g/mol. The first-order valence-electron chi connectivity index (χ1n) is 6.68. The molecule has 1 aliphatic heterocycles. The summed E-state index contributed by atoms with van der Waals surface area (Å²) < 4.78 is 49.5. The van der Waals surface area contributed by atoms with Crippen LogP contribution < -0.4 is 5.73 Å². The molecule has 0 aliphatic carbocycles. The zero-order valence-electron chi connectivity index (χ0n) is 12.5. The standard InChI is InChI=1S/C13H20N2O4S2.ClH/c1-10-7-11(8-14)9-15(10)21(18,19)13-5-3-12(4-6-13)20(2,16)17;/h3-6,10-11H,7-9,14H2,1-2H3;1H. The third-order valence-electron chi connectivity index (χ3n) is 3.80. The van der Waals surface area contributed by atoms with Crippen molar-refractivity contribution in [2.75, 3.05) is 19.3 Å². The first kappa shape index (κ1) is 19.4. The Kier molecular flexibility index (Phi) is 6.02. The van der Waals surface area contributed by atoms with Crippen LogP contribution in [-0.2, 0) is 19.9 Å². The van der Waals surface area contributed by atoms with Crippen molar-refractivity contribution in [1.29, 1.82) is 0 Å². The highest BCUT2D eigenvalue weighted by Gasteiger charge is 2.37. The maximum atomic E-state index is 12.6. The van der Waals surface area contributed by atoms with Crippen LogP contribution in [0.2, 0.25) is 0 Å². The second kappa shape index (κ2) is 6.84. The maximum absolute atomic E-state index is 12.6. The molecule has 0 aromatic heterocycles. The molecule has 1 saturated heterocycles. The smallest absolute Gasteiger partial charge is 0.243 e. The van der Waals surface area contributed by atoms with Crippen LogP contribution in [-0.4, -0.2) is 46.5 Å². The van der Waals surface area contributed by atoms with Gasteiger partial charge in [-0.2, -0.15) is 4.31 Å². The zero-order chi connectivity index (χ0) is 15.8. The van der Waals surface area contributed by atoms with Crippen LogP contribution in [0.4, 0.5) is 0 Å². The van der Waals surface area contributed by atoms with E-state index in [9.17, 15) is 16.8 Å². The molecule has 1 aromatic rings. The van der Waals surface area contributed by atoms with Gasteiger partial charge in [-0.15, -0.1) is 12.4 Å². The second-order valence-electron chi connectivity index (χ2n) is 5.50. The van der Waals surface area contributed by atoms with Crippen LogP contribution >= 0.6 is 12.4 Å². The quantitative estimate of drug-likeness (QED) is 0.850. The Hall–Kier alpha value is -0.670. The Labute approximate surface area is 138 Å². The fourth-order valence-electron chi connectivity index (χ4n) is 2.61. The van der Waals surface area contributed by atoms with E-state index in [1.807, 2.05) is 6.92 Å². The molecule has 1 aromatic carbocycles. The van der Waals surface area contributed by atoms with E-state index in [0.29, 0.717) is 13.1 Å². The normalized spacial score (nSPS) is 23.2. The summed E-state index contributed by atoms with van der Waals surface area (Å²) in [5.41, 5.74) is 5.62. The van der Waals surface area contributed by atoms with Crippen molar-refractivity contribution >= 4 is 32.3 Å². The van der Waals surface area contributed by atoms with Crippen LogP contribution in [0.3, 0.4) is 0 Å². The minimum Gasteiger partial charge on any atom is -0.330 e. The first-order valence-corrected chi connectivity index (χ1v) is 10.0. The van der Waals surface area contributed by atoms with E-state index >= 15 is 0 Å². The molecule has 0 spiro atoms. The van der Waals surface area contributed by atoms with Gasteiger partial charge in [0, 0.05) is 18.8 Å². The van der Waals surface area contributed by atoms with Gasteiger partial charge in [0.15, 0.2) is 9.84 Å². The molecule has 0 radical (unpaired) electrons. The van der Waals surface area contributed by atoms with Crippen LogP contribution in [0, 0.1) is 5.92 Å². The van der Waals surface area contributed by atoms with Crippen LogP contribution in [0.15, 0.2) is 34.1 Å². The number of nitrogens with two attached hydrogens (primary N) is 1. The van der Waals surface area contributed by atoms with Gasteiger partial charge in [-0.1, -0.05) is 0 Å². The summed E-state index contributed by atoms with van der Waals surface area (Å²) in [6.07, 6.45) is 1.84. The molecule has 22 heavy (non-hydrogen) atoms. The number of sulfonamides is 1. The van der Waals surface area contributed by atoms with Crippen molar-refractivity contribution in [3.8, 4) is 0 Å². The Morgan fingerprint density at radius 1 is 1.14 bits per heavy atom. The van der Waals surface area contributed by atoms with Crippen molar-refractivity contribution in [3.05, 3.63) is 24.3 Å². The number of rotatable bonds is 4. The number of sulfone groups is 1. The molecule has 9 heteroatoms. The fourth-order valence-corrected chi connectivity index (χ4v) is 4.96. The lowest BCUT2D eigenvalue weighted by atomic mass is 10.1. The molecule has 0 bridgehead atoms. The second-order valence-corrected chi connectivity index (χ2v) is 9.41. The van der Waals surface area contributed by atoms with Gasteiger partial charge >= 0.3 is 0 Å². The summed E-state index contributed by atoms with van der Waals surface area (Å²) >= 11 is 0. The highest BCUT2D eigenvalue weighted by molar-refractivity contribution is 7.90. The first-order chi connectivity index (χ1) is 9.66. The topological polar surface area (TPSA) is 97.5 Å². The minimum absolute atomic E-state index is 0. The number of hydrogen-bond donors (Lipinski definition) is 1. The number of nitrogens with zero attached hydrogens (tertiary/aromatic N) is 1. The van der Waals surface area contributed by atoms with Crippen LogP contribution in [0.1, 0.15) is 13.3 Å². The largest absolute Gasteiger partial charge is 0.330 e. The summed E-state index contributed by atoms with van der Waals surface area (Å²) in [4.78, 5) is 0.218. The van der Waals surface area contributed by atoms with Gasteiger partial charge in [0.2, 0.25) is 10.0 Å². The molecule has 2 N–H and O–H groups in total. The molecule has 0 saturated carbocycles. The van der Waals surface area contributed by atoms with Gasteiger partial charge in [0.05, 0.1) is 9.79 Å². The van der Waals surface area contributed by atoms with Gasteiger partial charge in [-0.25, -0.2) is 16.8 Å². The molecule has 126 valence electrons. The highest BCUT2D eigenvalue weighted by Crippen LogP contribution is 2.29. The molecule has 6 nitrogen and oxygen atoms in total. The summed E-state index contributed by atoms with van der Waals surface area (Å²) in [5.74, 6) is 0.171. The molecule has 2 atom stereocenters. The van der Waals surface area contributed by atoms with E-state index in [2.05, 4.69) is 0 Å². The lowest BCUT2D eigenvalue weighted by Gasteiger charge is -2.21. The van der Waals surface area contributed by atoms with Crippen LogP contribution in [0.5, 0.6) is 0 Å². The summed E-state index contributed by atoms with van der Waals surface area (Å²) in [5, 5.41) is 0. The van der Waals surface area contributed by atoms with Crippen molar-refractivity contribution < 1.29 is 16.8 Å². The summed E-state index contributed by atoms with van der Waals surface area (Å²) in [7, 11) is -6.94. The molecule has 0 amide bonds. The molecule has 2 unspecified atom stereocenters. The van der Waals surface area contributed by atoms with Crippen molar-refractivity contribution in [2.24, 2.45) is 11.7 Å². The van der Waals surface area contributed by atoms with E-state index in [-0.39, 0.29) is 34.2 Å². The van der Waals surface area contributed by atoms with Gasteiger partial charge < -0.3 is 5.73 Å². The monoisotopic (exact) mass is 368 g/mol. The fraction of sp³-hybridized carbons (Fsp3) is 0.538. The molecular formula is C13H21ClN2O4S2. The highest BCUT2D eigenvalue weighted by atomic mass is 35.5. The summed E-state index contributed by atoms with van der Waals surface area (Å²) in [6, 6.07) is 5.23. The van der Waals surface area contributed by atoms with Gasteiger partial charge in [0.25, 0.3) is 0 Å². The third-order valence-corrected chi connectivity index (χ3v) is 6.92. The predicted molar refractivity (Wildman–Crippen MR) is 87.3 cm³/mol. The average molecular weight is 369 g/mol. The average Bonchev–Trinajstić information content (AvgIpc) is 2.80. The van der Waals surface area contributed by atoms with Gasteiger partial charge in [0.1, 0.15) is 0 Å². The number of halogens is 1. The third kappa shape index (κ3) is 3.80. The lowest BCUT2D eigenvalue weighted by Crippen LogP contribution is -2.34. The van der Waals surface area contributed by atoms with E-state index in [0.717, 1.165) is 12.7 Å². The van der Waals surface area contributed by atoms with Gasteiger partial charge in [-0.05, 0) is 50.1 Å². The molecule has 1 fully saturated rings.